The molecule has 0 spiro atoms. The standard InChI is InChI=1S/C16H20ClN3O2.C6H13N/c1-19-6-8-20(9-7-19)14-4-2-11(10-13(14)17)12-3-5-15(21)18-16(12)22;7-6-4-2-1-3-5-6/h2,4,10,12H,3,5-9H2,1H3,(H,18,21,22);6H,1-5,7H2. The number of nitrogens with two attached hydrogens (primary N) is 1. The number of piperazine rings is 1. The van der Waals surface area contributed by atoms with Crippen molar-refractivity contribution < 1.29 is 9.59 Å². The number of carbonyl (C=O) groups excluding carboxylic acids is 2. The Bertz CT molecular complexity index is 713. The molecule has 2 heterocycles. The van der Waals surface area contributed by atoms with Gasteiger partial charge in [-0.25, -0.2) is 0 Å². The highest BCUT2D eigenvalue weighted by molar-refractivity contribution is 6.33. The van der Waals surface area contributed by atoms with Gasteiger partial charge >= 0.3 is 0 Å². The van der Waals surface area contributed by atoms with Crippen LogP contribution in [-0.4, -0.2) is 56.0 Å². The fourth-order valence-corrected chi connectivity index (χ4v) is 4.50. The van der Waals surface area contributed by atoms with Crippen LogP contribution >= 0.6 is 11.6 Å². The van der Waals surface area contributed by atoms with Gasteiger partial charge in [-0.15, -0.1) is 0 Å². The maximum Gasteiger partial charge on any atom is 0.234 e. The van der Waals surface area contributed by atoms with Gasteiger partial charge in [0.15, 0.2) is 0 Å². The lowest BCUT2D eigenvalue weighted by atomic mass is 9.90. The molecule has 0 radical (unpaired) electrons. The summed E-state index contributed by atoms with van der Waals surface area (Å²) in [5.41, 5.74) is 7.54. The van der Waals surface area contributed by atoms with Crippen LogP contribution in [0, 0.1) is 0 Å². The number of hydrogen-bond acceptors (Lipinski definition) is 5. The molecule has 0 bridgehead atoms. The summed E-state index contributed by atoms with van der Waals surface area (Å²) >= 11 is 6.44. The molecule has 6 nitrogen and oxygen atoms in total. The molecule has 7 heteroatoms. The van der Waals surface area contributed by atoms with Crippen LogP contribution < -0.4 is 16.0 Å². The molecule has 1 atom stereocenters. The van der Waals surface area contributed by atoms with E-state index in [2.05, 4.69) is 22.2 Å². The fraction of sp³-hybridized carbons (Fsp3) is 0.636. The summed E-state index contributed by atoms with van der Waals surface area (Å²) in [7, 11) is 2.12. The lowest BCUT2D eigenvalue weighted by Crippen LogP contribution is -2.44. The zero-order valence-electron chi connectivity index (χ0n) is 17.3. The molecule has 3 N–H and O–H groups in total. The summed E-state index contributed by atoms with van der Waals surface area (Å²) in [4.78, 5) is 27.8. The molecule has 1 aliphatic carbocycles. The van der Waals surface area contributed by atoms with Crippen LogP contribution in [0.15, 0.2) is 18.2 Å². The quantitative estimate of drug-likeness (QED) is 0.719. The molecular formula is C22H33ClN4O2. The van der Waals surface area contributed by atoms with Crippen molar-refractivity contribution >= 4 is 29.1 Å². The minimum atomic E-state index is -0.281. The Balaban J connectivity index is 0.000000290. The molecule has 1 aromatic carbocycles. The number of hydrogen-bond donors (Lipinski definition) is 2. The van der Waals surface area contributed by atoms with E-state index in [1.807, 2.05) is 18.2 Å². The first-order chi connectivity index (χ1) is 13.9. The van der Waals surface area contributed by atoms with Gasteiger partial charge < -0.3 is 15.5 Å². The van der Waals surface area contributed by atoms with Crippen LogP contribution in [0.1, 0.15) is 56.4 Å². The molecule has 4 rings (SSSR count). The first-order valence-electron chi connectivity index (χ1n) is 10.8. The smallest absolute Gasteiger partial charge is 0.234 e. The van der Waals surface area contributed by atoms with Gasteiger partial charge in [0, 0.05) is 38.6 Å². The predicted octanol–water partition coefficient (Wildman–Crippen LogP) is 2.89. The van der Waals surface area contributed by atoms with E-state index in [0.29, 0.717) is 23.9 Å². The van der Waals surface area contributed by atoms with Crippen molar-refractivity contribution in [1.82, 2.24) is 10.2 Å². The summed E-state index contributed by atoms with van der Waals surface area (Å²) in [6.45, 7) is 3.94. The zero-order valence-corrected chi connectivity index (χ0v) is 18.1. The van der Waals surface area contributed by atoms with Gasteiger partial charge in [-0.3, -0.25) is 14.9 Å². The Morgan fingerprint density at radius 3 is 2.28 bits per heavy atom. The van der Waals surface area contributed by atoms with Crippen molar-refractivity contribution in [3.05, 3.63) is 28.8 Å². The number of nitrogens with zero attached hydrogens (tertiary/aromatic N) is 2. The molecule has 0 aromatic heterocycles. The van der Waals surface area contributed by atoms with Crippen LogP contribution in [-0.2, 0) is 9.59 Å². The highest BCUT2D eigenvalue weighted by atomic mass is 35.5. The fourth-order valence-electron chi connectivity index (χ4n) is 4.19. The molecular weight excluding hydrogens is 388 g/mol. The topological polar surface area (TPSA) is 78.7 Å². The Morgan fingerprint density at radius 1 is 1.03 bits per heavy atom. The number of likely N-dealkylation sites (N-methyl/N-ethyl adjacent to an activating group) is 1. The molecule has 3 fully saturated rings. The van der Waals surface area contributed by atoms with Gasteiger partial charge in [0.05, 0.1) is 16.6 Å². The minimum absolute atomic E-state index is 0.193. The van der Waals surface area contributed by atoms with Gasteiger partial charge in [-0.2, -0.15) is 0 Å². The summed E-state index contributed by atoms with van der Waals surface area (Å²) in [5, 5.41) is 3.07. The van der Waals surface area contributed by atoms with E-state index in [-0.39, 0.29) is 17.7 Å². The summed E-state index contributed by atoms with van der Waals surface area (Å²) in [5.74, 6) is -0.696. The third kappa shape index (κ3) is 6.17. The Morgan fingerprint density at radius 2 is 1.72 bits per heavy atom. The number of anilines is 1. The largest absolute Gasteiger partial charge is 0.368 e. The van der Waals surface area contributed by atoms with E-state index in [9.17, 15) is 9.59 Å². The number of nitrogens with one attached hydrogen (secondary N) is 1. The van der Waals surface area contributed by atoms with E-state index in [1.165, 1.54) is 32.1 Å². The van der Waals surface area contributed by atoms with E-state index >= 15 is 0 Å². The first kappa shape index (κ1) is 22.1. The molecule has 2 amide bonds. The third-order valence-electron chi connectivity index (χ3n) is 6.11. The second-order valence-electron chi connectivity index (χ2n) is 8.40. The average Bonchev–Trinajstić information content (AvgIpc) is 2.70. The van der Waals surface area contributed by atoms with Gasteiger partial charge in [0.2, 0.25) is 11.8 Å². The summed E-state index contributed by atoms with van der Waals surface area (Å²) in [6.07, 6.45) is 7.60. The van der Waals surface area contributed by atoms with Crippen molar-refractivity contribution in [2.45, 2.75) is 56.9 Å². The van der Waals surface area contributed by atoms with E-state index in [1.54, 1.807) is 0 Å². The number of piperidine rings is 1. The summed E-state index contributed by atoms with van der Waals surface area (Å²) in [6, 6.07) is 6.36. The van der Waals surface area contributed by atoms with Crippen LogP contribution in [0.2, 0.25) is 5.02 Å². The summed E-state index contributed by atoms with van der Waals surface area (Å²) < 4.78 is 0. The van der Waals surface area contributed by atoms with Crippen molar-refractivity contribution in [3.8, 4) is 0 Å². The number of carbonyl (C=O) groups is 2. The normalized spacial score (nSPS) is 24.0. The second kappa shape index (κ2) is 10.4. The lowest BCUT2D eigenvalue weighted by Gasteiger charge is -2.34. The van der Waals surface area contributed by atoms with Crippen LogP contribution in [0.25, 0.3) is 0 Å². The average molecular weight is 421 g/mol. The highest BCUT2D eigenvalue weighted by Crippen LogP contribution is 2.32. The van der Waals surface area contributed by atoms with Gasteiger partial charge in [0.1, 0.15) is 0 Å². The molecule has 3 aliphatic rings. The first-order valence-corrected chi connectivity index (χ1v) is 11.1. The third-order valence-corrected chi connectivity index (χ3v) is 6.41. The number of rotatable bonds is 2. The maximum atomic E-state index is 11.9. The van der Waals surface area contributed by atoms with Crippen molar-refractivity contribution in [1.29, 1.82) is 0 Å². The van der Waals surface area contributed by atoms with Gasteiger partial charge in [-0.05, 0) is 44.0 Å². The molecule has 2 aliphatic heterocycles. The Labute approximate surface area is 178 Å². The molecule has 160 valence electrons. The number of benzene rings is 1. The monoisotopic (exact) mass is 420 g/mol. The lowest BCUT2D eigenvalue weighted by molar-refractivity contribution is -0.134. The SMILES string of the molecule is CN1CCN(c2ccc(C3CCC(=O)NC3=O)cc2Cl)CC1.NC1CCCCC1. The minimum Gasteiger partial charge on any atom is -0.368 e. The van der Waals surface area contributed by atoms with Crippen molar-refractivity contribution in [2.24, 2.45) is 5.73 Å². The van der Waals surface area contributed by atoms with E-state index in [4.69, 9.17) is 17.3 Å². The van der Waals surface area contributed by atoms with E-state index in [0.717, 1.165) is 37.4 Å². The Kier molecular flexibility index (Phi) is 7.92. The molecule has 1 aromatic rings. The van der Waals surface area contributed by atoms with Crippen molar-refractivity contribution in [2.75, 3.05) is 38.1 Å². The molecule has 1 unspecified atom stereocenters. The second-order valence-corrected chi connectivity index (χ2v) is 8.81. The maximum absolute atomic E-state index is 11.9. The van der Waals surface area contributed by atoms with Crippen molar-refractivity contribution in [3.63, 3.8) is 0 Å². The molecule has 1 saturated carbocycles. The van der Waals surface area contributed by atoms with Crippen LogP contribution in [0.5, 0.6) is 0 Å². The van der Waals surface area contributed by atoms with Gasteiger partial charge in [-0.1, -0.05) is 36.9 Å². The molecule has 2 saturated heterocycles. The molecule has 29 heavy (non-hydrogen) atoms. The van der Waals surface area contributed by atoms with Gasteiger partial charge in [0.25, 0.3) is 0 Å². The number of amides is 2. The number of imide groups is 1. The Hall–Kier alpha value is -1.63. The number of halogens is 1. The van der Waals surface area contributed by atoms with Crippen LogP contribution in [0.3, 0.4) is 0 Å². The zero-order chi connectivity index (χ0) is 20.8. The van der Waals surface area contributed by atoms with Crippen LogP contribution in [0.4, 0.5) is 5.69 Å². The van der Waals surface area contributed by atoms with E-state index < -0.39 is 0 Å². The predicted molar refractivity (Wildman–Crippen MR) is 117 cm³/mol. The highest BCUT2D eigenvalue weighted by Gasteiger charge is 2.28.